The Labute approximate surface area is 244 Å². The Bertz CT molecular complexity index is 1280. The van der Waals surface area contributed by atoms with Crippen molar-refractivity contribution in [2.24, 2.45) is 5.92 Å². The van der Waals surface area contributed by atoms with Gasteiger partial charge < -0.3 is 15.0 Å². The van der Waals surface area contributed by atoms with Gasteiger partial charge in [-0.3, -0.25) is 9.59 Å². The number of unbranched alkanes of at least 4 members (excludes halogenated alkanes) is 2. The molecule has 1 amide bonds. The molecule has 218 valence electrons. The van der Waals surface area contributed by atoms with Gasteiger partial charge in [0.1, 0.15) is 17.7 Å². The number of carbonyl (C=O) groups is 2. The minimum absolute atomic E-state index is 0.00136. The maximum Gasteiger partial charge on any atom is 0.226 e. The number of hydrogen-bond donors (Lipinski definition) is 1. The van der Waals surface area contributed by atoms with Crippen molar-refractivity contribution < 1.29 is 18.7 Å². The highest BCUT2D eigenvalue weighted by atomic mass is 19.1. The normalized spacial score (nSPS) is 15.0. The van der Waals surface area contributed by atoms with Crippen molar-refractivity contribution in [1.82, 2.24) is 4.90 Å². The van der Waals surface area contributed by atoms with E-state index in [0.717, 1.165) is 69.4 Å². The highest BCUT2D eigenvalue weighted by Gasteiger charge is 2.21. The quantitative estimate of drug-likeness (QED) is 0.170. The average Bonchev–Trinajstić information content (AvgIpc) is 2.97. The summed E-state index contributed by atoms with van der Waals surface area (Å²) in [5.41, 5.74) is 3.76. The molecule has 6 heteroatoms. The number of rotatable bonds is 13. The fourth-order valence-electron chi connectivity index (χ4n) is 5.41. The number of nitrogens with one attached hydrogen (secondary N) is 1. The van der Waals surface area contributed by atoms with Crippen molar-refractivity contribution in [3.05, 3.63) is 95.3 Å². The summed E-state index contributed by atoms with van der Waals surface area (Å²) < 4.78 is 19.9. The standard InChI is InChI=1S/C35H43FN2O3/c1-25(2)35(40)37-32-11-7-10-30(23-32)27-18-21-38(22-19-27)20-6-4-5-13-34(28-14-16-31(36)17-15-28)41-33-12-8-9-29(24-33)26(3)39/h7-12,14-17,23-25,27,34H,4-6,13,18-22H2,1-3H3,(H,37,40). The lowest BCUT2D eigenvalue weighted by molar-refractivity contribution is -0.118. The first-order valence-corrected chi connectivity index (χ1v) is 14.9. The van der Waals surface area contributed by atoms with Crippen LogP contribution in [0.1, 0.15) is 92.8 Å². The van der Waals surface area contributed by atoms with E-state index in [4.69, 9.17) is 4.74 Å². The number of anilines is 1. The average molecular weight is 559 g/mol. The number of ketones is 1. The Kier molecular flexibility index (Phi) is 11.1. The first kappa shape index (κ1) is 30.4. The molecule has 1 fully saturated rings. The van der Waals surface area contributed by atoms with Crippen LogP contribution in [0.4, 0.5) is 10.1 Å². The highest BCUT2D eigenvalue weighted by molar-refractivity contribution is 5.94. The van der Waals surface area contributed by atoms with Gasteiger partial charge in [-0.05, 0) is 112 Å². The van der Waals surface area contributed by atoms with E-state index in [0.29, 0.717) is 17.2 Å². The molecule has 1 aliphatic heterocycles. The lowest BCUT2D eigenvalue weighted by Crippen LogP contribution is -2.33. The van der Waals surface area contributed by atoms with Gasteiger partial charge in [-0.15, -0.1) is 0 Å². The topological polar surface area (TPSA) is 58.6 Å². The third kappa shape index (κ3) is 9.25. The third-order valence-corrected chi connectivity index (χ3v) is 7.94. The number of amides is 1. The van der Waals surface area contributed by atoms with Crippen molar-refractivity contribution in [3.63, 3.8) is 0 Å². The Hall–Kier alpha value is -3.51. The first-order valence-electron chi connectivity index (χ1n) is 14.9. The Morgan fingerprint density at radius 1 is 0.951 bits per heavy atom. The molecule has 1 atom stereocenters. The predicted octanol–water partition coefficient (Wildman–Crippen LogP) is 8.18. The molecule has 3 aromatic carbocycles. The van der Waals surface area contributed by atoms with Gasteiger partial charge in [0.05, 0.1) is 0 Å². The first-order chi connectivity index (χ1) is 19.8. The van der Waals surface area contributed by atoms with Crippen molar-refractivity contribution >= 4 is 17.4 Å². The SMILES string of the molecule is CC(=O)c1cccc(OC(CCCCCN2CCC(c3cccc(NC(=O)C(C)C)c3)CC2)c2ccc(F)cc2)c1. The maximum absolute atomic E-state index is 13.6. The Morgan fingerprint density at radius 3 is 2.39 bits per heavy atom. The molecule has 0 aliphatic carbocycles. The zero-order valence-electron chi connectivity index (χ0n) is 24.6. The summed E-state index contributed by atoms with van der Waals surface area (Å²) in [4.78, 5) is 26.4. The van der Waals surface area contributed by atoms with Crippen LogP contribution in [0, 0.1) is 11.7 Å². The van der Waals surface area contributed by atoms with E-state index < -0.39 is 0 Å². The molecule has 41 heavy (non-hydrogen) atoms. The number of hydrogen-bond acceptors (Lipinski definition) is 4. The van der Waals surface area contributed by atoms with Gasteiger partial charge in [0.15, 0.2) is 5.78 Å². The second kappa shape index (κ2) is 14.9. The molecular formula is C35H43FN2O3. The molecule has 0 aromatic heterocycles. The van der Waals surface area contributed by atoms with E-state index in [2.05, 4.69) is 22.3 Å². The van der Waals surface area contributed by atoms with Crippen LogP contribution in [0.25, 0.3) is 0 Å². The summed E-state index contributed by atoms with van der Waals surface area (Å²) in [6.07, 6.45) is 6.09. The second-order valence-electron chi connectivity index (χ2n) is 11.5. The van der Waals surface area contributed by atoms with Crippen molar-refractivity contribution in [3.8, 4) is 5.75 Å². The van der Waals surface area contributed by atoms with Crippen molar-refractivity contribution in [2.45, 2.75) is 71.3 Å². The van der Waals surface area contributed by atoms with Crippen molar-refractivity contribution in [1.29, 1.82) is 0 Å². The smallest absolute Gasteiger partial charge is 0.226 e. The van der Waals surface area contributed by atoms with E-state index in [1.807, 2.05) is 38.1 Å². The van der Waals surface area contributed by atoms with Crippen LogP contribution in [0.15, 0.2) is 72.8 Å². The minimum Gasteiger partial charge on any atom is -0.486 e. The number of nitrogens with zero attached hydrogens (tertiary/aromatic N) is 1. The minimum atomic E-state index is -0.263. The summed E-state index contributed by atoms with van der Waals surface area (Å²) in [7, 11) is 0. The molecule has 0 bridgehead atoms. The molecule has 4 rings (SSSR count). The molecule has 1 N–H and O–H groups in total. The van der Waals surface area contributed by atoms with Crippen LogP contribution in [-0.4, -0.2) is 36.2 Å². The van der Waals surface area contributed by atoms with Crippen LogP contribution in [0.3, 0.4) is 0 Å². The summed E-state index contributed by atoms with van der Waals surface area (Å²) in [6, 6.07) is 22.1. The summed E-state index contributed by atoms with van der Waals surface area (Å²) in [5.74, 6) is 0.935. The van der Waals surface area contributed by atoms with E-state index in [-0.39, 0.29) is 29.5 Å². The predicted molar refractivity (Wildman–Crippen MR) is 163 cm³/mol. The van der Waals surface area contributed by atoms with Crippen LogP contribution >= 0.6 is 0 Å². The monoisotopic (exact) mass is 558 g/mol. The molecule has 0 saturated carbocycles. The Balaban J connectivity index is 1.23. The van der Waals surface area contributed by atoms with E-state index in [9.17, 15) is 14.0 Å². The van der Waals surface area contributed by atoms with E-state index in [1.165, 1.54) is 17.7 Å². The number of carbonyl (C=O) groups excluding carboxylic acids is 2. The van der Waals surface area contributed by atoms with E-state index in [1.54, 1.807) is 31.2 Å². The summed E-state index contributed by atoms with van der Waals surface area (Å²) in [5, 5.41) is 3.02. The maximum atomic E-state index is 13.6. The lowest BCUT2D eigenvalue weighted by atomic mass is 9.89. The van der Waals surface area contributed by atoms with Gasteiger partial charge >= 0.3 is 0 Å². The van der Waals surface area contributed by atoms with Crippen molar-refractivity contribution in [2.75, 3.05) is 25.0 Å². The highest BCUT2D eigenvalue weighted by Crippen LogP contribution is 2.31. The van der Waals surface area contributed by atoms with E-state index >= 15 is 0 Å². The number of ether oxygens (including phenoxy) is 1. The lowest BCUT2D eigenvalue weighted by Gasteiger charge is -2.32. The molecule has 1 heterocycles. The fourth-order valence-corrected chi connectivity index (χ4v) is 5.41. The molecule has 5 nitrogen and oxygen atoms in total. The molecule has 1 unspecified atom stereocenters. The third-order valence-electron chi connectivity index (χ3n) is 7.94. The molecule has 1 saturated heterocycles. The van der Waals surface area contributed by atoms with Gasteiger partial charge in [-0.2, -0.15) is 0 Å². The molecule has 1 aliphatic rings. The van der Waals surface area contributed by atoms with Crippen LogP contribution in [0.5, 0.6) is 5.75 Å². The number of piperidine rings is 1. The second-order valence-corrected chi connectivity index (χ2v) is 11.5. The number of halogens is 1. The number of Topliss-reactive ketones (excluding diaryl/α,β-unsaturated/α-hetero) is 1. The number of benzene rings is 3. The van der Waals surface area contributed by atoms with Gasteiger partial charge in [-0.25, -0.2) is 4.39 Å². The van der Waals surface area contributed by atoms with Crippen LogP contribution in [0.2, 0.25) is 0 Å². The fraction of sp³-hybridized carbons (Fsp3) is 0.429. The summed E-state index contributed by atoms with van der Waals surface area (Å²) in [6.45, 7) is 8.61. The van der Waals surface area contributed by atoms with Gasteiger partial charge in [0.25, 0.3) is 0 Å². The van der Waals surface area contributed by atoms with Gasteiger partial charge in [-0.1, -0.05) is 56.7 Å². The molecule has 3 aromatic rings. The van der Waals surface area contributed by atoms with Crippen LogP contribution < -0.4 is 10.1 Å². The molecular weight excluding hydrogens is 515 g/mol. The summed E-state index contributed by atoms with van der Waals surface area (Å²) >= 11 is 0. The number of likely N-dealkylation sites (tertiary alicyclic amines) is 1. The van der Waals surface area contributed by atoms with Crippen LogP contribution in [-0.2, 0) is 4.79 Å². The zero-order valence-corrected chi connectivity index (χ0v) is 24.6. The zero-order chi connectivity index (χ0) is 29.2. The van der Waals surface area contributed by atoms with Gasteiger partial charge in [0.2, 0.25) is 5.91 Å². The largest absolute Gasteiger partial charge is 0.486 e. The molecule has 0 radical (unpaired) electrons. The van der Waals surface area contributed by atoms with Gasteiger partial charge in [0, 0.05) is 17.2 Å². The Morgan fingerprint density at radius 2 is 1.68 bits per heavy atom. The molecule has 0 spiro atoms.